The molecule has 9 heteroatoms. The second-order valence-electron chi connectivity index (χ2n) is 3.18. The van der Waals surface area contributed by atoms with E-state index in [1.54, 1.807) is 22.6 Å². The zero-order valence-corrected chi connectivity index (χ0v) is 12.2. The molecule has 6 nitrogen and oxygen atoms in total. The standard InChI is InChI=1S/C9H10FIN2O4S/c1-17-9(14)8(11)5-13-18(15,16)7-2-6(10)3-12-4-7/h2-4,8,13H,5H2,1H3. The number of carbonyl (C=O) groups excluding carboxylic acids is 1. The molecule has 0 aliphatic heterocycles. The topological polar surface area (TPSA) is 85.4 Å². The van der Waals surface area contributed by atoms with Crippen molar-refractivity contribution in [2.24, 2.45) is 0 Å². The van der Waals surface area contributed by atoms with E-state index in [4.69, 9.17) is 0 Å². The first-order valence-electron chi connectivity index (χ1n) is 4.69. The van der Waals surface area contributed by atoms with E-state index in [1.165, 1.54) is 7.11 Å². The molecule has 1 unspecified atom stereocenters. The molecular weight excluding hydrogens is 378 g/mol. The van der Waals surface area contributed by atoms with Gasteiger partial charge in [0.2, 0.25) is 10.0 Å². The van der Waals surface area contributed by atoms with Crippen LogP contribution < -0.4 is 4.72 Å². The van der Waals surface area contributed by atoms with Gasteiger partial charge in [-0.1, -0.05) is 22.6 Å². The van der Waals surface area contributed by atoms with Crippen LogP contribution in [0.25, 0.3) is 0 Å². The summed E-state index contributed by atoms with van der Waals surface area (Å²) in [5.74, 6) is -1.30. The van der Waals surface area contributed by atoms with E-state index in [0.29, 0.717) is 0 Å². The second-order valence-corrected chi connectivity index (χ2v) is 6.45. The molecule has 0 saturated heterocycles. The first-order chi connectivity index (χ1) is 8.36. The van der Waals surface area contributed by atoms with Crippen LogP contribution in [-0.2, 0) is 19.6 Å². The van der Waals surface area contributed by atoms with Gasteiger partial charge in [0, 0.05) is 12.7 Å². The number of methoxy groups -OCH3 is 1. The van der Waals surface area contributed by atoms with Crippen molar-refractivity contribution in [2.75, 3.05) is 13.7 Å². The maximum absolute atomic E-state index is 12.8. The maximum Gasteiger partial charge on any atom is 0.319 e. The Morgan fingerprint density at radius 2 is 2.28 bits per heavy atom. The van der Waals surface area contributed by atoms with Crippen molar-refractivity contribution in [1.29, 1.82) is 0 Å². The van der Waals surface area contributed by atoms with E-state index in [0.717, 1.165) is 18.5 Å². The minimum Gasteiger partial charge on any atom is -0.468 e. The second kappa shape index (κ2) is 6.38. The molecule has 1 atom stereocenters. The van der Waals surface area contributed by atoms with Gasteiger partial charge in [-0.05, 0) is 6.07 Å². The fourth-order valence-electron chi connectivity index (χ4n) is 1.02. The molecule has 1 rings (SSSR count). The summed E-state index contributed by atoms with van der Waals surface area (Å²) in [6.45, 7) is -0.147. The van der Waals surface area contributed by atoms with E-state index < -0.39 is 25.7 Å². The van der Waals surface area contributed by atoms with E-state index in [1.807, 2.05) is 0 Å². The highest BCUT2D eigenvalue weighted by atomic mass is 127. The van der Waals surface area contributed by atoms with Crippen LogP contribution in [-0.4, -0.2) is 37.0 Å². The lowest BCUT2D eigenvalue weighted by atomic mass is 10.4. The molecular formula is C9H10FIN2O4S. The monoisotopic (exact) mass is 388 g/mol. The molecule has 1 heterocycles. The van der Waals surface area contributed by atoms with E-state index in [-0.39, 0.29) is 11.4 Å². The van der Waals surface area contributed by atoms with Crippen LogP contribution >= 0.6 is 22.6 Å². The number of hydrogen-bond donors (Lipinski definition) is 1. The van der Waals surface area contributed by atoms with Gasteiger partial charge < -0.3 is 4.74 Å². The van der Waals surface area contributed by atoms with Gasteiger partial charge in [0.25, 0.3) is 0 Å². The molecule has 18 heavy (non-hydrogen) atoms. The average molecular weight is 388 g/mol. The minimum atomic E-state index is -3.88. The smallest absolute Gasteiger partial charge is 0.319 e. The van der Waals surface area contributed by atoms with Crippen LogP contribution in [0.5, 0.6) is 0 Å². The van der Waals surface area contributed by atoms with E-state index in [2.05, 4.69) is 14.4 Å². The predicted octanol–water partition coefficient (Wildman–Crippen LogP) is 0.476. The van der Waals surface area contributed by atoms with Crippen LogP contribution in [0.4, 0.5) is 4.39 Å². The summed E-state index contributed by atoms with van der Waals surface area (Å²) in [6.07, 6.45) is 1.92. The Morgan fingerprint density at radius 3 is 2.83 bits per heavy atom. The number of rotatable bonds is 5. The molecule has 0 spiro atoms. The Labute approximate surface area is 117 Å². The Balaban J connectivity index is 2.75. The van der Waals surface area contributed by atoms with E-state index in [9.17, 15) is 17.6 Å². The van der Waals surface area contributed by atoms with Crippen LogP contribution in [0.15, 0.2) is 23.4 Å². The molecule has 100 valence electrons. The number of esters is 1. The number of hydrogen-bond acceptors (Lipinski definition) is 5. The summed E-state index contributed by atoms with van der Waals surface area (Å²) >= 11 is 1.74. The zero-order chi connectivity index (χ0) is 13.8. The summed E-state index contributed by atoms with van der Waals surface area (Å²) in [7, 11) is -2.68. The van der Waals surface area contributed by atoms with Crippen molar-refractivity contribution >= 4 is 38.6 Å². The number of pyridine rings is 1. The van der Waals surface area contributed by atoms with Crippen molar-refractivity contribution in [3.05, 3.63) is 24.3 Å². The normalized spacial score (nSPS) is 13.1. The van der Waals surface area contributed by atoms with Crippen molar-refractivity contribution in [3.63, 3.8) is 0 Å². The summed E-state index contributed by atoms with van der Waals surface area (Å²) in [5.41, 5.74) is 0. The van der Waals surface area contributed by atoms with Gasteiger partial charge in [-0.15, -0.1) is 0 Å². The highest BCUT2D eigenvalue weighted by Crippen LogP contribution is 2.09. The van der Waals surface area contributed by atoms with Gasteiger partial charge in [0.05, 0.1) is 13.3 Å². The lowest BCUT2D eigenvalue weighted by Crippen LogP contribution is -2.33. The summed E-state index contributed by atoms with van der Waals surface area (Å²) in [6, 6.07) is 0.843. The first kappa shape index (κ1) is 15.2. The minimum absolute atomic E-state index is 0.147. The van der Waals surface area contributed by atoms with Crippen molar-refractivity contribution in [1.82, 2.24) is 9.71 Å². The molecule has 0 amide bonds. The highest BCUT2D eigenvalue weighted by Gasteiger charge is 2.20. The number of halogens is 2. The SMILES string of the molecule is COC(=O)C(I)CNS(=O)(=O)c1cncc(F)c1. The molecule has 0 aromatic carbocycles. The zero-order valence-electron chi connectivity index (χ0n) is 9.26. The largest absolute Gasteiger partial charge is 0.468 e. The van der Waals surface area contributed by atoms with Gasteiger partial charge in [0.15, 0.2) is 0 Å². The van der Waals surface area contributed by atoms with Crippen molar-refractivity contribution < 1.29 is 22.3 Å². The quantitative estimate of drug-likeness (QED) is 0.451. The number of ether oxygens (including phenoxy) is 1. The van der Waals surface area contributed by atoms with Crippen molar-refractivity contribution in [2.45, 2.75) is 8.82 Å². The molecule has 0 saturated carbocycles. The number of nitrogens with zero attached hydrogens (tertiary/aromatic N) is 1. The third-order valence-electron chi connectivity index (χ3n) is 1.90. The van der Waals surface area contributed by atoms with Gasteiger partial charge >= 0.3 is 5.97 Å². The summed E-state index contributed by atoms with van der Waals surface area (Å²) < 4.78 is 42.3. The summed E-state index contributed by atoms with van der Waals surface area (Å²) in [4.78, 5) is 14.2. The molecule has 0 aliphatic carbocycles. The maximum atomic E-state index is 12.8. The van der Waals surface area contributed by atoms with E-state index >= 15 is 0 Å². The van der Waals surface area contributed by atoms with Gasteiger partial charge in [-0.25, -0.2) is 17.5 Å². The van der Waals surface area contributed by atoms with Gasteiger partial charge in [-0.3, -0.25) is 9.78 Å². The molecule has 0 aliphatic rings. The lowest BCUT2D eigenvalue weighted by Gasteiger charge is -2.09. The molecule has 1 N–H and O–H groups in total. The molecule has 0 fully saturated rings. The fraction of sp³-hybridized carbons (Fsp3) is 0.333. The van der Waals surface area contributed by atoms with Crippen molar-refractivity contribution in [3.8, 4) is 0 Å². The third-order valence-corrected chi connectivity index (χ3v) is 4.24. The Morgan fingerprint density at radius 1 is 1.61 bits per heavy atom. The Bertz CT molecular complexity index is 537. The van der Waals surface area contributed by atoms with Crippen LogP contribution in [0.1, 0.15) is 0 Å². The van der Waals surface area contributed by atoms with Crippen LogP contribution in [0.3, 0.4) is 0 Å². The highest BCUT2D eigenvalue weighted by molar-refractivity contribution is 14.1. The Hall–Kier alpha value is -0.810. The Kier molecular flexibility index (Phi) is 5.41. The van der Waals surface area contributed by atoms with Gasteiger partial charge in [0.1, 0.15) is 14.6 Å². The van der Waals surface area contributed by atoms with Crippen LogP contribution in [0.2, 0.25) is 0 Å². The molecule has 1 aromatic rings. The number of nitrogens with one attached hydrogen (secondary N) is 1. The molecule has 1 aromatic heterocycles. The lowest BCUT2D eigenvalue weighted by molar-refractivity contribution is -0.139. The third kappa shape index (κ3) is 4.14. The number of alkyl halides is 1. The number of aromatic nitrogens is 1. The number of sulfonamides is 1. The van der Waals surface area contributed by atoms with Gasteiger partial charge in [-0.2, -0.15) is 0 Å². The average Bonchev–Trinajstić information content (AvgIpc) is 2.35. The number of carbonyl (C=O) groups is 1. The first-order valence-corrected chi connectivity index (χ1v) is 7.42. The van der Waals surface area contributed by atoms with Crippen LogP contribution in [0, 0.1) is 5.82 Å². The molecule has 0 bridgehead atoms. The summed E-state index contributed by atoms with van der Waals surface area (Å²) in [5, 5.41) is 0. The molecule has 0 radical (unpaired) electrons. The predicted molar refractivity (Wildman–Crippen MR) is 69.2 cm³/mol. The fourth-order valence-corrected chi connectivity index (χ4v) is 2.81.